The Morgan fingerprint density at radius 3 is 2.51 bits per heavy atom. The number of carbonyl (C=O) groups excluding carboxylic acids is 4. The topological polar surface area (TPSA) is 121 Å². The number of para-hydroxylation sites is 1. The van der Waals surface area contributed by atoms with E-state index in [1.807, 2.05) is 43.3 Å². The number of urea groups is 1. The molecule has 1 saturated heterocycles. The Labute approximate surface area is 201 Å². The Kier molecular flexibility index (Phi) is 5.47. The SMILES string of the molecule is Cc1ccc(-c2cc(C(=O)NNC(=O)CN3C(=O)NC(C)(C4CC4)C3=O)c3ccccc3n2)cc1. The number of fused-ring (bicyclic) bond motifs is 1. The lowest BCUT2D eigenvalue weighted by Gasteiger charge is -2.20. The Bertz CT molecular complexity index is 1370. The fourth-order valence-electron chi connectivity index (χ4n) is 4.41. The summed E-state index contributed by atoms with van der Waals surface area (Å²) in [5, 5.41) is 3.33. The highest BCUT2D eigenvalue weighted by atomic mass is 16.2. The number of benzene rings is 2. The summed E-state index contributed by atoms with van der Waals surface area (Å²) in [5.41, 5.74) is 7.32. The molecule has 1 saturated carbocycles. The Morgan fingerprint density at radius 2 is 1.80 bits per heavy atom. The fourth-order valence-corrected chi connectivity index (χ4v) is 4.41. The minimum atomic E-state index is -0.969. The van der Waals surface area contributed by atoms with Gasteiger partial charge < -0.3 is 5.32 Å². The third-order valence-electron chi connectivity index (χ3n) is 6.62. The molecule has 1 unspecified atom stereocenters. The Balaban J connectivity index is 1.31. The van der Waals surface area contributed by atoms with Gasteiger partial charge in [-0.3, -0.25) is 30.1 Å². The van der Waals surface area contributed by atoms with Gasteiger partial charge in [-0.2, -0.15) is 0 Å². The molecule has 35 heavy (non-hydrogen) atoms. The molecule has 9 heteroatoms. The van der Waals surface area contributed by atoms with Gasteiger partial charge in [0, 0.05) is 10.9 Å². The van der Waals surface area contributed by atoms with Gasteiger partial charge in [0.1, 0.15) is 12.1 Å². The van der Waals surface area contributed by atoms with Crippen LogP contribution >= 0.6 is 0 Å². The van der Waals surface area contributed by atoms with Gasteiger partial charge in [-0.1, -0.05) is 48.0 Å². The highest BCUT2D eigenvalue weighted by Gasteiger charge is 2.56. The van der Waals surface area contributed by atoms with Gasteiger partial charge in [0.15, 0.2) is 0 Å². The first-order valence-corrected chi connectivity index (χ1v) is 11.5. The maximum absolute atomic E-state index is 13.1. The lowest BCUT2D eigenvalue weighted by molar-refractivity contribution is -0.135. The van der Waals surface area contributed by atoms with Crippen molar-refractivity contribution in [3.8, 4) is 11.3 Å². The third kappa shape index (κ3) is 4.21. The summed E-state index contributed by atoms with van der Waals surface area (Å²) in [6, 6.07) is 16.1. The van der Waals surface area contributed by atoms with Crippen molar-refractivity contribution in [3.05, 3.63) is 65.7 Å². The second-order valence-electron chi connectivity index (χ2n) is 9.24. The Hall–Kier alpha value is -4.27. The van der Waals surface area contributed by atoms with Crippen LogP contribution in [0, 0.1) is 12.8 Å². The molecule has 0 spiro atoms. The van der Waals surface area contributed by atoms with E-state index >= 15 is 0 Å². The third-order valence-corrected chi connectivity index (χ3v) is 6.62. The number of pyridine rings is 1. The summed E-state index contributed by atoms with van der Waals surface area (Å²) in [6.45, 7) is 3.19. The molecular formula is C26H25N5O4. The van der Waals surface area contributed by atoms with Crippen molar-refractivity contribution >= 4 is 34.7 Å². The van der Waals surface area contributed by atoms with Crippen LogP contribution in [0.2, 0.25) is 0 Å². The van der Waals surface area contributed by atoms with Gasteiger partial charge in [-0.05, 0) is 44.7 Å². The van der Waals surface area contributed by atoms with Crippen molar-refractivity contribution in [2.45, 2.75) is 32.2 Å². The molecule has 9 nitrogen and oxygen atoms in total. The van der Waals surface area contributed by atoms with Crippen molar-refractivity contribution in [3.63, 3.8) is 0 Å². The van der Waals surface area contributed by atoms with Gasteiger partial charge in [0.2, 0.25) is 0 Å². The molecule has 3 N–H and O–H groups in total. The van der Waals surface area contributed by atoms with Crippen LogP contribution in [-0.2, 0) is 9.59 Å². The number of aromatic nitrogens is 1. The van der Waals surface area contributed by atoms with Crippen LogP contribution in [0.3, 0.4) is 0 Å². The number of imide groups is 1. The van der Waals surface area contributed by atoms with E-state index in [4.69, 9.17) is 0 Å². The lowest BCUT2D eigenvalue weighted by Crippen LogP contribution is -2.49. The number of nitrogens with zero attached hydrogens (tertiary/aromatic N) is 2. The minimum absolute atomic E-state index is 0.0920. The fraction of sp³-hybridized carbons (Fsp3) is 0.269. The molecule has 0 bridgehead atoms. The van der Waals surface area contributed by atoms with E-state index < -0.39 is 35.8 Å². The first-order valence-electron chi connectivity index (χ1n) is 11.5. The molecular weight excluding hydrogens is 446 g/mol. The van der Waals surface area contributed by atoms with E-state index in [1.54, 1.807) is 25.1 Å². The Morgan fingerprint density at radius 1 is 1.09 bits per heavy atom. The van der Waals surface area contributed by atoms with E-state index in [0.717, 1.165) is 28.9 Å². The molecule has 2 heterocycles. The quantitative estimate of drug-likeness (QED) is 0.390. The molecule has 5 amide bonds. The van der Waals surface area contributed by atoms with Crippen LogP contribution in [0.1, 0.15) is 35.7 Å². The second-order valence-corrected chi connectivity index (χ2v) is 9.24. The molecule has 2 fully saturated rings. The number of rotatable bonds is 5. The standard InChI is InChI=1S/C26H25N5O4/c1-15-7-9-16(10-8-15)21-13-19(18-5-3-4-6-20(18)27-21)23(33)30-29-22(32)14-31-24(34)26(2,17-11-12-17)28-25(31)35/h3-10,13,17H,11-12,14H2,1-2H3,(H,28,35)(H,29,32)(H,30,33). The van der Waals surface area contributed by atoms with E-state index in [9.17, 15) is 19.2 Å². The summed E-state index contributed by atoms with van der Waals surface area (Å²) >= 11 is 0. The van der Waals surface area contributed by atoms with E-state index in [2.05, 4.69) is 21.2 Å². The number of amides is 5. The molecule has 5 rings (SSSR count). The molecule has 2 aromatic carbocycles. The van der Waals surface area contributed by atoms with Crippen LogP contribution in [0.25, 0.3) is 22.2 Å². The smallest absolute Gasteiger partial charge is 0.323 e. The predicted molar refractivity (Wildman–Crippen MR) is 129 cm³/mol. The van der Waals surface area contributed by atoms with E-state index in [1.165, 1.54) is 0 Å². The first-order chi connectivity index (χ1) is 16.8. The number of hydrogen-bond donors (Lipinski definition) is 3. The van der Waals surface area contributed by atoms with Crippen LogP contribution in [-0.4, -0.2) is 45.7 Å². The number of hydrogen-bond acceptors (Lipinski definition) is 5. The summed E-state index contributed by atoms with van der Waals surface area (Å²) in [7, 11) is 0. The van der Waals surface area contributed by atoms with Gasteiger partial charge in [0.25, 0.3) is 17.7 Å². The maximum atomic E-state index is 13.1. The van der Waals surface area contributed by atoms with Gasteiger partial charge in [-0.25, -0.2) is 9.78 Å². The number of nitrogens with one attached hydrogen (secondary N) is 3. The molecule has 0 radical (unpaired) electrons. The molecule has 1 aliphatic heterocycles. The minimum Gasteiger partial charge on any atom is -0.323 e. The second kappa shape index (κ2) is 8.50. The lowest BCUT2D eigenvalue weighted by atomic mass is 9.96. The number of carbonyl (C=O) groups is 4. The summed E-state index contributed by atoms with van der Waals surface area (Å²) in [4.78, 5) is 56.1. The molecule has 1 aromatic heterocycles. The highest BCUT2D eigenvalue weighted by molar-refractivity contribution is 6.10. The van der Waals surface area contributed by atoms with Crippen LogP contribution in [0.5, 0.6) is 0 Å². The molecule has 178 valence electrons. The number of hydrazine groups is 1. The molecule has 1 atom stereocenters. The molecule has 2 aliphatic rings. The largest absolute Gasteiger partial charge is 0.325 e. The number of aryl methyl sites for hydroxylation is 1. The maximum Gasteiger partial charge on any atom is 0.325 e. The molecule has 1 aliphatic carbocycles. The summed E-state index contributed by atoms with van der Waals surface area (Å²) in [5.74, 6) is -1.55. The monoisotopic (exact) mass is 471 g/mol. The van der Waals surface area contributed by atoms with Crippen molar-refractivity contribution < 1.29 is 19.2 Å². The average Bonchev–Trinajstić information content (AvgIpc) is 3.68. The van der Waals surface area contributed by atoms with Crippen molar-refractivity contribution in [1.82, 2.24) is 26.1 Å². The predicted octanol–water partition coefficient (Wildman–Crippen LogP) is 2.69. The van der Waals surface area contributed by atoms with E-state index in [-0.39, 0.29) is 5.92 Å². The van der Waals surface area contributed by atoms with E-state index in [0.29, 0.717) is 22.2 Å². The normalized spacial score (nSPS) is 19.5. The average molecular weight is 472 g/mol. The zero-order chi connectivity index (χ0) is 24.7. The van der Waals surface area contributed by atoms with Crippen LogP contribution < -0.4 is 16.2 Å². The summed E-state index contributed by atoms with van der Waals surface area (Å²) in [6.07, 6.45) is 1.73. The van der Waals surface area contributed by atoms with Gasteiger partial charge in [-0.15, -0.1) is 0 Å². The van der Waals surface area contributed by atoms with Crippen molar-refractivity contribution in [1.29, 1.82) is 0 Å². The zero-order valence-corrected chi connectivity index (χ0v) is 19.4. The highest BCUT2D eigenvalue weighted by Crippen LogP contribution is 2.42. The van der Waals surface area contributed by atoms with Crippen molar-refractivity contribution in [2.75, 3.05) is 6.54 Å². The van der Waals surface area contributed by atoms with Crippen molar-refractivity contribution in [2.24, 2.45) is 5.92 Å². The van der Waals surface area contributed by atoms with Crippen LogP contribution in [0.15, 0.2) is 54.6 Å². The van der Waals surface area contributed by atoms with Gasteiger partial charge in [0.05, 0.1) is 16.8 Å². The van der Waals surface area contributed by atoms with Crippen LogP contribution in [0.4, 0.5) is 4.79 Å². The zero-order valence-electron chi connectivity index (χ0n) is 19.4. The molecule has 3 aromatic rings. The van der Waals surface area contributed by atoms with Gasteiger partial charge >= 0.3 is 6.03 Å². The first kappa shape index (κ1) is 22.5. The summed E-state index contributed by atoms with van der Waals surface area (Å²) < 4.78 is 0.